The van der Waals surface area contributed by atoms with E-state index in [0.29, 0.717) is 11.8 Å². The minimum Gasteiger partial charge on any atom is -0.338 e. The Balaban J connectivity index is 1.42. The van der Waals surface area contributed by atoms with Crippen LogP contribution in [0.3, 0.4) is 0 Å². The minimum absolute atomic E-state index is 0.126. The molecule has 0 saturated carbocycles. The van der Waals surface area contributed by atoms with Crippen LogP contribution in [0.1, 0.15) is 30.7 Å². The summed E-state index contributed by atoms with van der Waals surface area (Å²) in [5.74, 6) is 1.23. The van der Waals surface area contributed by atoms with Gasteiger partial charge in [0.1, 0.15) is 0 Å². The number of urea groups is 1. The number of amides is 2. The number of carbonyl (C=O) groups excluding carboxylic acids is 1. The third-order valence-electron chi connectivity index (χ3n) is 5.08. The molecule has 2 heterocycles. The number of rotatable bonds is 3. The van der Waals surface area contributed by atoms with Crippen LogP contribution < -0.4 is 5.32 Å². The highest BCUT2D eigenvalue weighted by Gasteiger charge is 2.25. The topological polar surface area (TPSA) is 35.6 Å². The number of carbonyl (C=O) groups is 1. The summed E-state index contributed by atoms with van der Waals surface area (Å²) in [4.78, 5) is 16.6. The van der Waals surface area contributed by atoms with Crippen LogP contribution in [0, 0.1) is 5.92 Å². The molecular formula is C18H27N3O. The largest absolute Gasteiger partial charge is 0.338 e. The molecule has 0 aliphatic carbocycles. The maximum absolute atomic E-state index is 12.3. The van der Waals surface area contributed by atoms with Crippen molar-refractivity contribution in [1.29, 1.82) is 0 Å². The summed E-state index contributed by atoms with van der Waals surface area (Å²) in [7, 11) is 2.15. The molecule has 0 bridgehead atoms. The summed E-state index contributed by atoms with van der Waals surface area (Å²) < 4.78 is 0. The van der Waals surface area contributed by atoms with Crippen LogP contribution in [0.2, 0.25) is 0 Å². The van der Waals surface area contributed by atoms with Crippen molar-refractivity contribution >= 4 is 6.03 Å². The van der Waals surface area contributed by atoms with E-state index in [1.54, 1.807) is 0 Å². The van der Waals surface area contributed by atoms with E-state index >= 15 is 0 Å². The molecule has 4 heteroatoms. The van der Waals surface area contributed by atoms with Gasteiger partial charge in [-0.1, -0.05) is 30.3 Å². The Bertz CT molecular complexity index is 482. The molecule has 0 spiro atoms. The Morgan fingerprint density at radius 2 is 1.86 bits per heavy atom. The molecule has 2 aliphatic rings. The van der Waals surface area contributed by atoms with Gasteiger partial charge < -0.3 is 15.1 Å². The van der Waals surface area contributed by atoms with Crippen LogP contribution in [-0.2, 0) is 0 Å². The number of piperidine rings is 1. The second kappa shape index (κ2) is 7.14. The molecule has 1 N–H and O–H groups in total. The molecular weight excluding hydrogens is 274 g/mol. The molecule has 1 atom stereocenters. The Kier molecular flexibility index (Phi) is 4.98. The Morgan fingerprint density at radius 3 is 2.50 bits per heavy atom. The van der Waals surface area contributed by atoms with Crippen molar-refractivity contribution < 1.29 is 4.79 Å². The fourth-order valence-electron chi connectivity index (χ4n) is 3.68. The lowest BCUT2D eigenvalue weighted by molar-refractivity contribution is 0.179. The lowest BCUT2D eigenvalue weighted by Crippen LogP contribution is -2.45. The second-order valence-electron chi connectivity index (χ2n) is 6.78. The predicted octanol–water partition coefficient (Wildman–Crippen LogP) is 2.53. The Labute approximate surface area is 133 Å². The van der Waals surface area contributed by atoms with Gasteiger partial charge in [0.05, 0.1) is 0 Å². The van der Waals surface area contributed by atoms with E-state index in [1.807, 2.05) is 4.90 Å². The average Bonchev–Trinajstić information content (AvgIpc) is 2.99. The molecule has 120 valence electrons. The zero-order valence-electron chi connectivity index (χ0n) is 13.5. The number of hydrogen-bond donors (Lipinski definition) is 1. The number of hydrogen-bond acceptors (Lipinski definition) is 2. The third kappa shape index (κ3) is 3.80. The molecule has 1 unspecified atom stereocenters. The van der Waals surface area contributed by atoms with Crippen molar-refractivity contribution in [1.82, 2.24) is 15.1 Å². The molecule has 0 radical (unpaired) electrons. The first-order valence-electron chi connectivity index (χ1n) is 8.48. The second-order valence-corrected chi connectivity index (χ2v) is 6.78. The maximum Gasteiger partial charge on any atom is 0.317 e. The van der Waals surface area contributed by atoms with Gasteiger partial charge in [-0.25, -0.2) is 4.79 Å². The first kappa shape index (κ1) is 15.3. The van der Waals surface area contributed by atoms with Crippen molar-refractivity contribution in [3.8, 4) is 0 Å². The normalized spacial score (nSPS) is 23.7. The Hall–Kier alpha value is -1.55. The quantitative estimate of drug-likeness (QED) is 0.931. The SMILES string of the molecule is CN1CCC(CNC(=O)N2CCC(c3ccccc3)CC2)C1. The van der Waals surface area contributed by atoms with Gasteiger partial charge in [-0.15, -0.1) is 0 Å². The van der Waals surface area contributed by atoms with E-state index in [2.05, 4.69) is 47.6 Å². The first-order valence-corrected chi connectivity index (χ1v) is 8.48. The van der Waals surface area contributed by atoms with Gasteiger partial charge >= 0.3 is 6.03 Å². The van der Waals surface area contributed by atoms with Crippen molar-refractivity contribution in [3.05, 3.63) is 35.9 Å². The van der Waals surface area contributed by atoms with E-state index in [1.165, 1.54) is 12.0 Å². The van der Waals surface area contributed by atoms with Crippen molar-refractivity contribution in [2.24, 2.45) is 5.92 Å². The maximum atomic E-state index is 12.3. The van der Waals surface area contributed by atoms with Crippen LogP contribution >= 0.6 is 0 Å². The molecule has 2 fully saturated rings. The summed E-state index contributed by atoms with van der Waals surface area (Å²) in [6.07, 6.45) is 3.35. The molecule has 2 saturated heterocycles. The summed E-state index contributed by atoms with van der Waals surface area (Å²) in [5.41, 5.74) is 1.41. The van der Waals surface area contributed by atoms with Gasteiger partial charge in [0, 0.05) is 26.2 Å². The summed E-state index contributed by atoms with van der Waals surface area (Å²) in [6.45, 7) is 4.83. The van der Waals surface area contributed by atoms with E-state index in [9.17, 15) is 4.79 Å². The Morgan fingerprint density at radius 1 is 1.14 bits per heavy atom. The highest BCUT2D eigenvalue weighted by atomic mass is 16.2. The van der Waals surface area contributed by atoms with Crippen LogP contribution in [0.15, 0.2) is 30.3 Å². The van der Waals surface area contributed by atoms with Crippen molar-refractivity contribution in [2.75, 3.05) is 39.8 Å². The van der Waals surface area contributed by atoms with E-state index in [-0.39, 0.29) is 6.03 Å². The third-order valence-corrected chi connectivity index (χ3v) is 5.08. The molecule has 2 amide bonds. The van der Waals surface area contributed by atoms with Gasteiger partial charge in [-0.3, -0.25) is 0 Å². The van der Waals surface area contributed by atoms with Gasteiger partial charge in [0.15, 0.2) is 0 Å². The summed E-state index contributed by atoms with van der Waals surface area (Å²) in [5, 5.41) is 3.13. The highest BCUT2D eigenvalue weighted by Crippen LogP contribution is 2.27. The summed E-state index contributed by atoms with van der Waals surface area (Å²) >= 11 is 0. The van der Waals surface area contributed by atoms with Gasteiger partial charge in [0.2, 0.25) is 0 Å². The van der Waals surface area contributed by atoms with E-state index in [0.717, 1.165) is 45.6 Å². The number of benzene rings is 1. The van der Waals surface area contributed by atoms with Gasteiger partial charge in [0.25, 0.3) is 0 Å². The molecule has 1 aromatic carbocycles. The predicted molar refractivity (Wildman–Crippen MR) is 89.0 cm³/mol. The zero-order chi connectivity index (χ0) is 15.4. The van der Waals surface area contributed by atoms with E-state index in [4.69, 9.17) is 0 Å². The highest BCUT2D eigenvalue weighted by molar-refractivity contribution is 5.74. The molecule has 3 rings (SSSR count). The van der Waals surface area contributed by atoms with Crippen molar-refractivity contribution in [2.45, 2.75) is 25.2 Å². The molecule has 22 heavy (non-hydrogen) atoms. The van der Waals surface area contributed by atoms with Gasteiger partial charge in [-0.05, 0) is 50.3 Å². The smallest absolute Gasteiger partial charge is 0.317 e. The standard InChI is InChI=1S/C18H27N3O/c1-20-10-7-15(14-20)13-19-18(22)21-11-8-17(9-12-21)16-5-3-2-4-6-16/h2-6,15,17H,7-14H2,1H3,(H,19,22). The number of nitrogens with one attached hydrogen (secondary N) is 1. The molecule has 0 aromatic heterocycles. The lowest BCUT2D eigenvalue weighted by Gasteiger charge is -2.32. The van der Waals surface area contributed by atoms with Gasteiger partial charge in [-0.2, -0.15) is 0 Å². The minimum atomic E-state index is 0.126. The monoisotopic (exact) mass is 301 g/mol. The fraction of sp³-hybridized carbons (Fsp3) is 0.611. The fourth-order valence-corrected chi connectivity index (χ4v) is 3.68. The van der Waals surface area contributed by atoms with Crippen LogP contribution in [-0.4, -0.2) is 55.6 Å². The van der Waals surface area contributed by atoms with E-state index < -0.39 is 0 Å². The van der Waals surface area contributed by atoms with Crippen LogP contribution in [0.5, 0.6) is 0 Å². The molecule has 1 aromatic rings. The average molecular weight is 301 g/mol. The number of likely N-dealkylation sites (tertiary alicyclic amines) is 2. The lowest BCUT2D eigenvalue weighted by atomic mass is 9.90. The zero-order valence-corrected chi connectivity index (χ0v) is 13.5. The molecule has 2 aliphatic heterocycles. The number of nitrogens with zero attached hydrogens (tertiary/aromatic N) is 2. The molecule has 4 nitrogen and oxygen atoms in total. The van der Waals surface area contributed by atoms with Crippen LogP contribution in [0.4, 0.5) is 4.79 Å². The first-order chi connectivity index (χ1) is 10.7. The van der Waals surface area contributed by atoms with Crippen molar-refractivity contribution in [3.63, 3.8) is 0 Å². The van der Waals surface area contributed by atoms with Crippen LogP contribution in [0.25, 0.3) is 0 Å². The summed E-state index contributed by atoms with van der Waals surface area (Å²) in [6, 6.07) is 10.8.